The monoisotopic (exact) mass is 267 g/mol. The van der Waals surface area contributed by atoms with Gasteiger partial charge < -0.3 is 10.2 Å². The van der Waals surface area contributed by atoms with Crippen LogP contribution in [0.25, 0.3) is 0 Å². The van der Waals surface area contributed by atoms with Crippen molar-refractivity contribution in [1.82, 2.24) is 15.2 Å². The molecule has 0 bridgehead atoms. The van der Waals surface area contributed by atoms with Gasteiger partial charge in [-0.3, -0.25) is 4.79 Å². The van der Waals surface area contributed by atoms with Gasteiger partial charge in [-0.1, -0.05) is 24.6 Å². The highest BCUT2D eigenvalue weighted by Crippen LogP contribution is 2.14. The van der Waals surface area contributed by atoms with Gasteiger partial charge >= 0.3 is 0 Å². The molecule has 1 amide bonds. The third kappa shape index (κ3) is 3.43. The average molecular weight is 268 g/mol. The molecule has 98 valence electrons. The van der Waals surface area contributed by atoms with E-state index >= 15 is 0 Å². The quantitative estimate of drug-likeness (QED) is 0.847. The Balaban J connectivity index is 1.82. The van der Waals surface area contributed by atoms with Crippen LogP contribution < -0.4 is 5.32 Å². The second-order valence-electron chi connectivity index (χ2n) is 4.60. The average Bonchev–Trinajstić information content (AvgIpc) is 2.84. The molecule has 0 aliphatic carbocycles. The van der Waals surface area contributed by atoms with E-state index < -0.39 is 0 Å². The molecule has 1 fully saturated rings. The van der Waals surface area contributed by atoms with Crippen molar-refractivity contribution < 1.29 is 4.79 Å². The predicted molar refractivity (Wildman–Crippen MR) is 71.8 cm³/mol. The number of hydrogen-bond donors (Lipinski definition) is 1. The van der Waals surface area contributed by atoms with E-state index in [4.69, 9.17) is 11.6 Å². The van der Waals surface area contributed by atoms with Gasteiger partial charge in [0, 0.05) is 13.1 Å². The standard InChI is InChI=1S/C13H18ClN3O/c1-2-17-7-6-10(9-17)8-15-13(18)11-4-3-5-12(14)16-11/h3-5,10H,2,6-9H2,1H3,(H,15,18). The summed E-state index contributed by atoms with van der Waals surface area (Å²) in [6, 6.07) is 5.07. The molecular formula is C13H18ClN3O. The lowest BCUT2D eigenvalue weighted by Crippen LogP contribution is -2.31. The third-order valence-electron chi connectivity index (χ3n) is 3.32. The molecule has 0 saturated carbocycles. The molecule has 1 saturated heterocycles. The van der Waals surface area contributed by atoms with Crippen molar-refractivity contribution in [3.8, 4) is 0 Å². The summed E-state index contributed by atoms with van der Waals surface area (Å²) in [5.74, 6) is 0.403. The van der Waals surface area contributed by atoms with Crippen LogP contribution in [0.2, 0.25) is 5.15 Å². The molecule has 0 spiro atoms. The highest BCUT2D eigenvalue weighted by Gasteiger charge is 2.21. The van der Waals surface area contributed by atoms with Crippen LogP contribution in [-0.2, 0) is 0 Å². The molecule has 1 N–H and O–H groups in total. The summed E-state index contributed by atoms with van der Waals surface area (Å²) in [6.45, 7) is 6.16. The topological polar surface area (TPSA) is 45.2 Å². The Morgan fingerprint density at radius 2 is 2.44 bits per heavy atom. The Hall–Kier alpha value is -1.13. The fraction of sp³-hybridized carbons (Fsp3) is 0.538. The van der Waals surface area contributed by atoms with Crippen molar-refractivity contribution in [2.24, 2.45) is 5.92 Å². The van der Waals surface area contributed by atoms with Crippen LogP contribution in [0.1, 0.15) is 23.8 Å². The Kier molecular flexibility index (Phi) is 4.55. The van der Waals surface area contributed by atoms with Crippen LogP contribution in [0.15, 0.2) is 18.2 Å². The molecule has 2 heterocycles. The molecule has 1 aromatic rings. The van der Waals surface area contributed by atoms with E-state index in [0.717, 1.165) is 26.1 Å². The smallest absolute Gasteiger partial charge is 0.269 e. The first-order chi connectivity index (χ1) is 8.69. The van der Waals surface area contributed by atoms with E-state index in [1.807, 2.05) is 0 Å². The zero-order valence-corrected chi connectivity index (χ0v) is 11.3. The number of amides is 1. The van der Waals surface area contributed by atoms with Gasteiger partial charge in [-0.05, 0) is 37.6 Å². The lowest BCUT2D eigenvalue weighted by Gasteiger charge is -2.13. The Morgan fingerprint density at radius 1 is 1.61 bits per heavy atom. The predicted octanol–water partition coefficient (Wildman–Crippen LogP) is 1.81. The highest BCUT2D eigenvalue weighted by molar-refractivity contribution is 6.29. The van der Waals surface area contributed by atoms with Gasteiger partial charge in [0.1, 0.15) is 10.8 Å². The lowest BCUT2D eigenvalue weighted by molar-refractivity contribution is 0.0942. The maximum absolute atomic E-state index is 11.9. The fourth-order valence-corrected chi connectivity index (χ4v) is 2.39. The Labute approximate surface area is 112 Å². The van der Waals surface area contributed by atoms with Crippen molar-refractivity contribution in [2.75, 3.05) is 26.2 Å². The van der Waals surface area contributed by atoms with E-state index in [0.29, 0.717) is 23.3 Å². The van der Waals surface area contributed by atoms with E-state index in [1.54, 1.807) is 18.2 Å². The van der Waals surface area contributed by atoms with Gasteiger partial charge in [0.15, 0.2) is 0 Å². The summed E-state index contributed by atoms with van der Waals surface area (Å²) >= 11 is 5.76. The minimum Gasteiger partial charge on any atom is -0.350 e. The SMILES string of the molecule is CCN1CCC(CNC(=O)c2cccc(Cl)n2)C1. The second-order valence-corrected chi connectivity index (χ2v) is 4.99. The van der Waals surface area contributed by atoms with Crippen molar-refractivity contribution >= 4 is 17.5 Å². The number of nitrogens with one attached hydrogen (secondary N) is 1. The van der Waals surface area contributed by atoms with Gasteiger partial charge in [0.25, 0.3) is 5.91 Å². The molecule has 2 rings (SSSR count). The van der Waals surface area contributed by atoms with Crippen LogP contribution in [0.5, 0.6) is 0 Å². The maximum Gasteiger partial charge on any atom is 0.269 e. The first-order valence-corrected chi connectivity index (χ1v) is 6.70. The second kappa shape index (κ2) is 6.16. The molecule has 5 heteroatoms. The number of hydrogen-bond acceptors (Lipinski definition) is 3. The lowest BCUT2D eigenvalue weighted by atomic mass is 10.1. The van der Waals surface area contributed by atoms with Crippen LogP contribution in [0.3, 0.4) is 0 Å². The summed E-state index contributed by atoms with van der Waals surface area (Å²) < 4.78 is 0. The van der Waals surface area contributed by atoms with Gasteiger partial charge in [-0.25, -0.2) is 4.98 Å². The van der Waals surface area contributed by atoms with E-state index in [1.165, 1.54) is 0 Å². The summed E-state index contributed by atoms with van der Waals surface area (Å²) in [5.41, 5.74) is 0.382. The third-order valence-corrected chi connectivity index (χ3v) is 3.53. The van der Waals surface area contributed by atoms with E-state index in [2.05, 4.69) is 22.1 Å². The number of carbonyl (C=O) groups is 1. The fourth-order valence-electron chi connectivity index (χ4n) is 2.23. The molecule has 1 atom stereocenters. The molecule has 1 aliphatic heterocycles. The van der Waals surface area contributed by atoms with Crippen molar-refractivity contribution in [3.63, 3.8) is 0 Å². The molecule has 1 aromatic heterocycles. The van der Waals surface area contributed by atoms with Crippen molar-refractivity contribution in [3.05, 3.63) is 29.0 Å². The molecule has 1 aliphatic rings. The number of likely N-dealkylation sites (tertiary alicyclic amines) is 1. The van der Waals surface area contributed by atoms with Gasteiger partial charge in [-0.2, -0.15) is 0 Å². The highest BCUT2D eigenvalue weighted by atomic mass is 35.5. The number of aromatic nitrogens is 1. The van der Waals surface area contributed by atoms with Crippen LogP contribution in [0.4, 0.5) is 0 Å². The number of pyridine rings is 1. The first kappa shape index (κ1) is 13.3. The molecule has 0 radical (unpaired) electrons. The Morgan fingerprint density at radius 3 is 3.11 bits per heavy atom. The van der Waals surface area contributed by atoms with Gasteiger partial charge in [0.05, 0.1) is 0 Å². The largest absolute Gasteiger partial charge is 0.350 e. The van der Waals surface area contributed by atoms with Crippen LogP contribution in [-0.4, -0.2) is 42.0 Å². The normalized spacial score (nSPS) is 20.0. The number of rotatable bonds is 4. The van der Waals surface area contributed by atoms with Crippen molar-refractivity contribution in [2.45, 2.75) is 13.3 Å². The van der Waals surface area contributed by atoms with Crippen LogP contribution >= 0.6 is 11.6 Å². The molecule has 0 aromatic carbocycles. The summed E-state index contributed by atoms with van der Waals surface area (Å²) in [4.78, 5) is 18.2. The number of carbonyl (C=O) groups excluding carboxylic acids is 1. The van der Waals surface area contributed by atoms with E-state index in [9.17, 15) is 4.79 Å². The molecule has 1 unspecified atom stereocenters. The zero-order valence-electron chi connectivity index (χ0n) is 10.5. The summed E-state index contributed by atoms with van der Waals surface area (Å²) in [5, 5.41) is 3.27. The minimum absolute atomic E-state index is 0.146. The van der Waals surface area contributed by atoms with Crippen molar-refractivity contribution in [1.29, 1.82) is 0 Å². The zero-order chi connectivity index (χ0) is 13.0. The van der Waals surface area contributed by atoms with Gasteiger partial charge in [-0.15, -0.1) is 0 Å². The summed E-state index contributed by atoms with van der Waals surface area (Å²) in [7, 11) is 0. The van der Waals surface area contributed by atoms with Gasteiger partial charge in [0.2, 0.25) is 0 Å². The summed E-state index contributed by atoms with van der Waals surface area (Å²) in [6.07, 6.45) is 1.15. The van der Waals surface area contributed by atoms with Crippen LogP contribution in [0, 0.1) is 5.92 Å². The molecule has 4 nitrogen and oxygen atoms in total. The molecule has 18 heavy (non-hydrogen) atoms. The first-order valence-electron chi connectivity index (χ1n) is 6.32. The number of nitrogens with zero attached hydrogens (tertiary/aromatic N) is 2. The number of halogens is 1. The minimum atomic E-state index is -0.146. The maximum atomic E-state index is 11.9. The Bertz CT molecular complexity index is 424. The van der Waals surface area contributed by atoms with E-state index in [-0.39, 0.29) is 5.91 Å². The molecular weight excluding hydrogens is 250 g/mol.